The molecule has 0 aliphatic carbocycles. The van der Waals surface area contributed by atoms with Crippen molar-refractivity contribution in [2.24, 2.45) is 5.18 Å². The summed E-state index contributed by atoms with van der Waals surface area (Å²) in [6.45, 7) is 5.36. The molecule has 0 radical (unpaired) electrons. The number of aliphatic hydroxyl groups is 1. The van der Waals surface area contributed by atoms with Crippen molar-refractivity contribution < 1.29 is 14.7 Å². The third-order valence-electron chi connectivity index (χ3n) is 0.872. The molecule has 5 heteroatoms. The Morgan fingerprint density at radius 2 is 2.00 bits per heavy atom. The molecule has 64 valence electrons. The summed E-state index contributed by atoms with van der Waals surface area (Å²) in [5.74, 6) is -1.72. The fraction of sp³-hybridized carbons (Fsp3) is 0.286. The Kier molecular flexibility index (Phi) is 3.69. The van der Waals surface area contributed by atoms with Crippen LogP contribution in [0.15, 0.2) is 17.5 Å². The summed E-state index contributed by atoms with van der Waals surface area (Å²) in [4.78, 5) is 20.9. The van der Waals surface area contributed by atoms with E-state index in [0.29, 0.717) is 0 Å². The highest BCUT2D eigenvalue weighted by atomic mass is 16.5. The van der Waals surface area contributed by atoms with Crippen molar-refractivity contribution in [2.75, 3.05) is 0 Å². The van der Waals surface area contributed by atoms with E-state index in [0.717, 1.165) is 6.92 Å². The van der Waals surface area contributed by atoms with E-state index >= 15 is 0 Å². The number of nitrogens with zero attached hydrogens (tertiary/aromatic N) is 1. The Morgan fingerprint density at radius 3 is 2.25 bits per heavy atom. The Labute approximate surface area is 69.4 Å². The zero-order chi connectivity index (χ0) is 9.72. The Morgan fingerprint density at radius 1 is 1.50 bits per heavy atom. The van der Waals surface area contributed by atoms with Gasteiger partial charge in [0.2, 0.25) is 0 Å². The van der Waals surface area contributed by atoms with Gasteiger partial charge in [0.1, 0.15) is 6.92 Å². The van der Waals surface area contributed by atoms with Crippen LogP contribution in [0.4, 0.5) is 0 Å². The Bertz CT molecular complexity index is 230. The molecule has 0 saturated heterocycles. The van der Waals surface area contributed by atoms with Gasteiger partial charge in [-0.2, -0.15) is 0 Å². The minimum Gasteiger partial charge on any atom is -0.476 e. The van der Waals surface area contributed by atoms with Crippen molar-refractivity contribution in [3.63, 3.8) is 0 Å². The van der Waals surface area contributed by atoms with E-state index in [9.17, 15) is 9.59 Å². The smallest absolute Gasteiger partial charge is 0.476 e. The van der Waals surface area contributed by atoms with E-state index < -0.39 is 17.5 Å². The predicted octanol–water partition coefficient (Wildman–Crippen LogP) is 1.03. The molecule has 0 bridgehead atoms. The van der Waals surface area contributed by atoms with Crippen LogP contribution < -0.4 is 0 Å². The zero-order valence-electron chi connectivity index (χ0n) is 6.83. The number of aliphatic hydroxyl groups excluding tert-OH is 1. The van der Waals surface area contributed by atoms with E-state index in [4.69, 9.17) is 5.11 Å². The van der Waals surface area contributed by atoms with Gasteiger partial charge in [-0.3, -0.25) is 4.79 Å². The fourth-order valence-electron chi connectivity index (χ4n) is 0.430. The Hall–Kier alpha value is -1.65. The summed E-state index contributed by atoms with van der Waals surface area (Å²) in [6.07, 6.45) is 0. The van der Waals surface area contributed by atoms with Gasteiger partial charge in [-0.25, -0.2) is 0 Å². The van der Waals surface area contributed by atoms with Crippen molar-refractivity contribution in [1.29, 1.82) is 0 Å². The van der Waals surface area contributed by atoms with Gasteiger partial charge in [-0.15, -0.1) is 4.54 Å². The molecular weight excluding hydrogens is 162 g/mol. The van der Waals surface area contributed by atoms with Crippen LogP contribution in [0.25, 0.3) is 0 Å². The summed E-state index contributed by atoms with van der Waals surface area (Å²) in [5.41, 5.74) is 0. The summed E-state index contributed by atoms with van der Waals surface area (Å²) < 4.78 is 4.13. The van der Waals surface area contributed by atoms with Gasteiger partial charge in [0.05, 0.1) is 11.4 Å². The quantitative estimate of drug-likeness (QED) is 0.391. The molecule has 0 aliphatic rings. The highest BCUT2D eigenvalue weighted by Crippen LogP contribution is 2.11. The lowest BCUT2D eigenvalue weighted by molar-refractivity contribution is -0.115. The monoisotopic (exact) mass is 171 g/mol. The van der Waals surface area contributed by atoms with Crippen LogP contribution in [0.2, 0.25) is 0 Å². The molecule has 0 spiro atoms. The summed E-state index contributed by atoms with van der Waals surface area (Å²) in [7, 11) is 0. The third kappa shape index (κ3) is 3.50. The maximum absolute atomic E-state index is 10.7. The first-order chi connectivity index (χ1) is 5.45. The van der Waals surface area contributed by atoms with Crippen molar-refractivity contribution in [2.45, 2.75) is 13.8 Å². The average Bonchev–Trinajstić information content (AvgIpc) is 1.84. The van der Waals surface area contributed by atoms with E-state index in [2.05, 4.69) is 16.3 Å². The van der Waals surface area contributed by atoms with Gasteiger partial charge in [0.25, 0.3) is 5.78 Å². The van der Waals surface area contributed by atoms with Crippen LogP contribution >= 0.6 is 0 Å². The van der Waals surface area contributed by atoms with Crippen LogP contribution in [-0.4, -0.2) is 16.9 Å². The third-order valence-corrected chi connectivity index (χ3v) is 0.872. The second-order valence-electron chi connectivity index (χ2n) is 2.03. The zero-order valence-corrected chi connectivity index (χ0v) is 6.83. The largest absolute Gasteiger partial charge is 0.605 e. The van der Waals surface area contributed by atoms with Crippen LogP contribution in [-0.2, 0) is 9.59 Å². The molecule has 0 heterocycles. The molecule has 0 rings (SSSR count). The topological polar surface area (TPSA) is 78.0 Å². The van der Waals surface area contributed by atoms with Crippen molar-refractivity contribution in [1.82, 2.24) is 0 Å². The minimum atomic E-state index is -0.671. The minimum absolute atomic E-state index is 0.356. The lowest BCUT2D eigenvalue weighted by Gasteiger charge is -1.87. The molecule has 0 aromatic heterocycles. The number of hydrogen-bond donors (Lipinski definition) is 1. The fourth-order valence-corrected chi connectivity index (χ4v) is 0.430. The van der Waals surface area contributed by atoms with Crippen LogP contribution in [0.1, 0.15) is 13.8 Å². The number of carbonyl (C=O) groups is 2. The van der Waals surface area contributed by atoms with Gasteiger partial charge in [0.15, 0.2) is 5.18 Å². The molecule has 5 nitrogen and oxygen atoms in total. The van der Waals surface area contributed by atoms with Gasteiger partial charge in [-0.1, -0.05) is 0 Å². The lowest BCUT2D eigenvalue weighted by atomic mass is 10.2. The second kappa shape index (κ2) is 4.27. The van der Waals surface area contributed by atoms with E-state index in [1.54, 1.807) is 0 Å². The highest BCUT2D eigenvalue weighted by Gasteiger charge is 2.32. The number of hydrogen-bond acceptors (Lipinski definition) is 4. The molecule has 0 atom stereocenters. The molecule has 0 aromatic carbocycles. The first-order valence-electron chi connectivity index (χ1n) is 3.10. The van der Waals surface area contributed by atoms with Gasteiger partial charge in [0, 0.05) is 6.92 Å². The number of nitroso groups, excluding NO2 is 1. The normalized spacial score (nSPS) is 9.83. The molecule has 0 saturated carbocycles. The van der Waals surface area contributed by atoms with E-state index in [1.165, 1.54) is 6.92 Å². The Balaban J connectivity index is 4.44. The molecular formula is C7H9NO4+2. The van der Waals surface area contributed by atoms with Crippen LogP contribution in [0.3, 0.4) is 0 Å². The molecule has 0 aliphatic heterocycles. The number of carbonyl (C=O) groups excluding carboxylic acids is 2. The summed E-state index contributed by atoms with van der Waals surface area (Å²) >= 11 is 0. The van der Waals surface area contributed by atoms with Crippen LogP contribution in [0, 0.1) is 10.6 Å². The number of Topliss-reactive ketones (excluding diaryl/α,β-unsaturated/α-hetero) is 1. The number of ketones is 1. The average molecular weight is 171 g/mol. The molecule has 12 heavy (non-hydrogen) atoms. The molecule has 0 unspecified atom stereocenters. The summed E-state index contributed by atoms with van der Waals surface area (Å²) in [6, 6.07) is -0.356. The molecule has 0 aromatic rings. The lowest BCUT2D eigenvalue weighted by Crippen LogP contribution is -2.07. The highest BCUT2D eigenvalue weighted by molar-refractivity contribution is 5.93. The first-order valence-corrected chi connectivity index (χ1v) is 3.10. The molecule has 0 amide bonds. The molecule has 0 fully saturated rings. The standard InChI is InChI=1S/C7H8NO4/c1-4(9)7(5(2)10)8-12-6(3)11/h1H2,2-3H3/q+1/p+1. The van der Waals surface area contributed by atoms with Crippen molar-refractivity contribution in [3.8, 4) is 0 Å². The van der Waals surface area contributed by atoms with Gasteiger partial charge < -0.3 is 5.11 Å². The van der Waals surface area contributed by atoms with Crippen molar-refractivity contribution in [3.05, 3.63) is 22.9 Å². The number of rotatable bonds is 3. The van der Waals surface area contributed by atoms with Gasteiger partial charge in [-0.05, 0) is 0 Å². The van der Waals surface area contributed by atoms with E-state index in [-0.39, 0.29) is 6.04 Å². The second-order valence-corrected chi connectivity index (χ2v) is 2.03. The molecule has 1 N–H and O–H groups in total. The predicted molar refractivity (Wildman–Crippen MR) is 42.2 cm³/mol. The van der Waals surface area contributed by atoms with Gasteiger partial charge >= 0.3 is 17.8 Å². The van der Waals surface area contributed by atoms with E-state index in [1.807, 2.05) is 0 Å². The first kappa shape index (κ1) is 10.3. The summed E-state index contributed by atoms with van der Waals surface area (Å²) in [5, 5.41) is 11.8. The maximum Gasteiger partial charge on any atom is 0.605 e. The van der Waals surface area contributed by atoms with Crippen LogP contribution in [0.5, 0.6) is 0 Å². The van der Waals surface area contributed by atoms with Crippen molar-refractivity contribution >= 4 is 11.8 Å². The maximum atomic E-state index is 10.7. The SMILES string of the molecule is C=C(O)[C+](N=[O+]C(C)=O)C(C)=O.